The zero-order valence-corrected chi connectivity index (χ0v) is 12.6. The van der Waals surface area contributed by atoms with E-state index in [0.717, 1.165) is 12.0 Å². The van der Waals surface area contributed by atoms with Crippen LogP contribution < -0.4 is 4.74 Å². The first-order chi connectivity index (χ1) is 10.3. The van der Waals surface area contributed by atoms with Crippen LogP contribution in [0.5, 0.6) is 5.75 Å². The van der Waals surface area contributed by atoms with Crippen molar-refractivity contribution in [2.24, 2.45) is 0 Å². The summed E-state index contributed by atoms with van der Waals surface area (Å²) in [4.78, 5) is 8.32. The SMILES string of the molecule is CCCCc1ccc(C#Cc2ncc(OCC)cn2)cc1. The summed E-state index contributed by atoms with van der Waals surface area (Å²) in [6.45, 7) is 4.74. The molecule has 0 unspecified atom stereocenters. The van der Waals surface area contributed by atoms with Gasteiger partial charge in [-0.1, -0.05) is 31.4 Å². The third-order valence-corrected chi connectivity index (χ3v) is 3.03. The molecule has 1 aromatic carbocycles. The van der Waals surface area contributed by atoms with Gasteiger partial charge in [0.15, 0.2) is 5.75 Å². The Morgan fingerprint density at radius 3 is 2.33 bits per heavy atom. The third kappa shape index (κ3) is 4.92. The van der Waals surface area contributed by atoms with Crippen LogP contribution in [-0.2, 0) is 6.42 Å². The first-order valence-electron chi connectivity index (χ1n) is 7.37. The molecule has 1 heterocycles. The van der Waals surface area contributed by atoms with Crippen LogP contribution in [0.1, 0.15) is 43.6 Å². The normalized spacial score (nSPS) is 9.81. The van der Waals surface area contributed by atoms with E-state index in [1.165, 1.54) is 18.4 Å². The van der Waals surface area contributed by atoms with E-state index in [1.54, 1.807) is 12.4 Å². The fourth-order valence-corrected chi connectivity index (χ4v) is 1.89. The molecule has 0 saturated heterocycles. The third-order valence-electron chi connectivity index (χ3n) is 3.03. The van der Waals surface area contributed by atoms with E-state index >= 15 is 0 Å². The second-order valence-corrected chi connectivity index (χ2v) is 4.73. The van der Waals surface area contributed by atoms with Crippen molar-refractivity contribution in [3.05, 3.63) is 53.6 Å². The van der Waals surface area contributed by atoms with Gasteiger partial charge in [-0.2, -0.15) is 0 Å². The Labute approximate surface area is 126 Å². The van der Waals surface area contributed by atoms with E-state index in [0.29, 0.717) is 18.2 Å². The van der Waals surface area contributed by atoms with E-state index in [2.05, 4.69) is 40.9 Å². The second kappa shape index (κ2) is 8.06. The van der Waals surface area contributed by atoms with Gasteiger partial charge < -0.3 is 4.74 Å². The minimum absolute atomic E-state index is 0.508. The quantitative estimate of drug-likeness (QED) is 0.785. The van der Waals surface area contributed by atoms with Crippen molar-refractivity contribution in [2.45, 2.75) is 33.1 Å². The van der Waals surface area contributed by atoms with E-state index in [4.69, 9.17) is 4.74 Å². The van der Waals surface area contributed by atoms with Gasteiger partial charge in [-0.15, -0.1) is 0 Å². The van der Waals surface area contributed by atoms with Gasteiger partial charge in [0.25, 0.3) is 0 Å². The zero-order valence-electron chi connectivity index (χ0n) is 12.6. The lowest BCUT2D eigenvalue weighted by atomic mass is 10.1. The maximum atomic E-state index is 5.30. The summed E-state index contributed by atoms with van der Waals surface area (Å²) >= 11 is 0. The van der Waals surface area contributed by atoms with Gasteiger partial charge in [-0.05, 0) is 43.4 Å². The number of benzene rings is 1. The summed E-state index contributed by atoms with van der Waals surface area (Å²) < 4.78 is 5.30. The molecule has 0 atom stereocenters. The van der Waals surface area contributed by atoms with Gasteiger partial charge in [0, 0.05) is 5.56 Å². The average molecular weight is 280 g/mol. The molecule has 2 aromatic rings. The molecule has 0 N–H and O–H groups in total. The van der Waals surface area contributed by atoms with Crippen LogP contribution in [-0.4, -0.2) is 16.6 Å². The molecular formula is C18H20N2O. The summed E-state index contributed by atoms with van der Waals surface area (Å²) in [5.41, 5.74) is 2.34. The number of ether oxygens (including phenoxy) is 1. The van der Waals surface area contributed by atoms with Crippen LogP contribution in [0.3, 0.4) is 0 Å². The van der Waals surface area contributed by atoms with Gasteiger partial charge in [0.1, 0.15) is 0 Å². The largest absolute Gasteiger partial charge is 0.491 e. The Morgan fingerprint density at radius 2 is 1.71 bits per heavy atom. The van der Waals surface area contributed by atoms with Gasteiger partial charge in [-0.3, -0.25) is 0 Å². The van der Waals surface area contributed by atoms with Crippen LogP contribution >= 0.6 is 0 Å². The molecule has 0 bridgehead atoms. The lowest BCUT2D eigenvalue weighted by Crippen LogP contribution is -1.95. The number of rotatable bonds is 5. The second-order valence-electron chi connectivity index (χ2n) is 4.73. The van der Waals surface area contributed by atoms with E-state index in [1.807, 2.05) is 19.1 Å². The summed E-state index contributed by atoms with van der Waals surface area (Å²) in [6, 6.07) is 8.37. The molecule has 2 rings (SSSR count). The smallest absolute Gasteiger partial charge is 0.205 e. The maximum Gasteiger partial charge on any atom is 0.205 e. The highest BCUT2D eigenvalue weighted by atomic mass is 16.5. The number of aromatic nitrogens is 2. The number of hydrogen-bond donors (Lipinski definition) is 0. The molecule has 0 aliphatic carbocycles. The van der Waals surface area contributed by atoms with Crippen LogP contribution in [0.15, 0.2) is 36.7 Å². The molecule has 3 nitrogen and oxygen atoms in total. The van der Waals surface area contributed by atoms with E-state index < -0.39 is 0 Å². The monoisotopic (exact) mass is 280 g/mol. The number of hydrogen-bond acceptors (Lipinski definition) is 3. The van der Waals surface area contributed by atoms with Crippen LogP contribution in [0, 0.1) is 11.8 Å². The lowest BCUT2D eigenvalue weighted by molar-refractivity contribution is 0.337. The number of unbranched alkanes of at least 4 members (excludes halogenated alkanes) is 1. The molecule has 0 radical (unpaired) electrons. The van der Waals surface area contributed by atoms with Gasteiger partial charge in [-0.25, -0.2) is 9.97 Å². The molecule has 0 spiro atoms. The Morgan fingerprint density at radius 1 is 1.00 bits per heavy atom. The molecule has 21 heavy (non-hydrogen) atoms. The fourth-order valence-electron chi connectivity index (χ4n) is 1.89. The predicted molar refractivity (Wildman–Crippen MR) is 84.2 cm³/mol. The number of nitrogens with zero attached hydrogens (tertiary/aromatic N) is 2. The summed E-state index contributed by atoms with van der Waals surface area (Å²) in [7, 11) is 0. The first-order valence-corrected chi connectivity index (χ1v) is 7.37. The maximum absolute atomic E-state index is 5.30. The summed E-state index contributed by atoms with van der Waals surface area (Å²) in [5, 5.41) is 0. The van der Waals surface area contributed by atoms with Crippen molar-refractivity contribution in [3.8, 4) is 17.6 Å². The molecular weight excluding hydrogens is 260 g/mol. The van der Waals surface area contributed by atoms with Crippen molar-refractivity contribution in [1.82, 2.24) is 9.97 Å². The van der Waals surface area contributed by atoms with Gasteiger partial charge in [0.2, 0.25) is 5.82 Å². The van der Waals surface area contributed by atoms with Crippen LogP contribution in [0.25, 0.3) is 0 Å². The Hall–Kier alpha value is -2.34. The van der Waals surface area contributed by atoms with Crippen LogP contribution in [0.4, 0.5) is 0 Å². The lowest BCUT2D eigenvalue weighted by Gasteiger charge is -2.00. The molecule has 3 heteroatoms. The molecule has 0 saturated carbocycles. The average Bonchev–Trinajstić information content (AvgIpc) is 2.53. The van der Waals surface area contributed by atoms with Crippen molar-refractivity contribution in [3.63, 3.8) is 0 Å². The highest BCUT2D eigenvalue weighted by molar-refractivity contribution is 5.39. The Kier molecular flexibility index (Phi) is 5.78. The van der Waals surface area contributed by atoms with Crippen molar-refractivity contribution >= 4 is 0 Å². The topological polar surface area (TPSA) is 35.0 Å². The molecule has 0 amide bonds. The zero-order chi connectivity index (χ0) is 14.9. The minimum Gasteiger partial charge on any atom is -0.491 e. The Balaban J connectivity index is 2.01. The highest BCUT2D eigenvalue weighted by Crippen LogP contribution is 2.08. The molecule has 0 fully saturated rings. The van der Waals surface area contributed by atoms with Gasteiger partial charge >= 0.3 is 0 Å². The first kappa shape index (κ1) is 15.1. The summed E-state index contributed by atoms with van der Waals surface area (Å²) in [6.07, 6.45) is 6.87. The number of aryl methyl sites for hydroxylation is 1. The van der Waals surface area contributed by atoms with E-state index in [9.17, 15) is 0 Å². The summed E-state index contributed by atoms with van der Waals surface area (Å²) in [5.74, 6) is 7.22. The van der Waals surface area contributed by atoms with Crippen molar-refractivity contribution in [1.29, 1.82) is 0 Å². The van der Waals surface area contributed by atoms with Crippen LogP contribution in [0.2, 0.25) is 0 Å². The Bertz CT molecular complexity index is 606. The molecule has 1 aromatic heterocycles. The molecule has 108 valence electrons. The molecule has 0 aliphatic rings. The molecule has 0 aliphatic heterocycles. The van der Waals surface area contributed by atoms with Gasteiger partial charge in [0.05, 0.1) is 19.0 Å². The predicted octanol–water partition coefficient (Wildman–Crippen LogP) is 3.62. The fraction of sp³-hybridized carbons (Fsp3) is 0.333. The van der Waals surface area contributed by atoms with Crippen molar-refractivity contribution < 1.29 is 4.74 Å². The van der Waals surface area contributed by atoms with Crippen molar-refractivity contribution in [2.75, 3.05) is 6.61 Å². The minimum atomic E-state index is 0.508. The highest BCUT2D eigenvalue weighted by Gasteiger charge is 1.95. The standard InChI is InChI=1S/C18H20N2O/c1-3-5-6-15-7-9-16(10-8-15)11-12-18-19-13-17(14-20-18)21-4-2/h7-10,13-14H,3-6H2,1-2H3. The van der Waals surface area contributed by atoms with E-state index in [-0.39, 0.29) is 0 Å².